The summed E-state index contributed by atoms with van der Waals surface area (Å²) in [6.07, 6.45) is 0. The first-order chi connectivity index (χ1) is 10.7. The maximum atomic E-state index is 9.47. The Morgan fingerprint density at radius 2 is 2.00 bits per heavy atom. The normalized spacial score (nSPS) is 15.8. The van der Waals surface area contributed by atoms with Crippen molar-refractivity contribution in [3.63, 3.8) is 0 Å². The minimum absolute atomic E-state index is 0.628. The molecule has 22 heavy (non-hydrogen) atoms. The number of rotatable bonds is 3. The van der Waals surface area contributed by atoms with Crippen LogP contribution in [0.1, 0.15) is 12.5 Å². The molecule has 0 atom stereocenters. The van der Waals surface area contributed by atoms with Crippen LogP contribution < -0.4 is 9.64 Å². The first-order valence-electron chi connectivity index (χ1n) is 7.62. The molecule has 2 heterocycles. The molecule has 0 N–H and O–H groups in total. The molecule has 0 unspecified atom stereocenters. The van der Waals surface area contributed by atoms with Crippen molar-refractivity contribution in [1.29, 1.82) is 5.26 Å². The number of benzene rings is 1. The van der Waals surface area contributed by atoms with Crippen molar-refractivity contribution in [2.24, 2.45) is 0 Å². The SMILES string of the molecule is CCOc1ccc2nc(N3CCN(C)CC3)c(C#N)cc2c1. The van der Waals surface area contributed by atoms with Crippen molar-refractivity contribution >= 4 is 16.7 Å². The summed E-state index contributed by atoms with van der Waals surface area (Å²) in [7, 11) is 2.12. The lowest BCUT2D eigenvalue weighted by atomic mass is 10.1. The van der Waals surface area contributed by atoms with E-state index < -0.39 is 0 Å². The van der Waals surface area contributed by atoms with Crippen LogP contribution in [-0.2, 0) is 0 Å². The van der Waals surface area contributed by atoms with E-state index in [2.05, 4.69) is 22.9 Å². The monoisotopic (exact) mass is 296 g/mol. The summed E-state index contributed by atoms with van der Waals surface area (Å²) in [6, 6.07) is 10.0. The maximum absolute atomic E-state index is 9.47. The molecule has 5 nitrogen and oxygen atoms in total. The van der Waals surface area contributed by atoms with Gasteiger partial charge in [0, 0.05) is 31.6 Å². The fourth-order valence-corrected chi connectivity index (χ4v) is 2.74. The number of nitriles is 1. The van der Waals surface area contributed by atoms with Gasteiger partial charge in [-0.05, 0) is 38.2 Å². The molecule has 0 radical (unpaired) electrons. The molecule has 1 fully saturated rings. The maximum Gasteiger partial charge on any atom is 0.147 e. The van der Waals surface area contributed by atoms with Gasteiger partial charge >= 0.3 is 0 Å². The highest BCUT2D eigenvalue weighted by atomic mass is 16.5. The van der Waals surface area contributed by atoms with Crippen molar-refractivity contribution in [3.8, 4) is 11.8 Å². The lowest BCUT2D eigenvalue weighted by molar-refractivity contribution is 0.312. The molecule has 5 heteroatoms. The summed E-state index contributed by atoms with van der Waals surface area (Å²) >= 11 is 0. The van der Waals surface area contributed by atoms with Gasteiger partial charge in [-0.3, -0.25) is 0 Å². The molecule has 3 rings (SSSR count). The summed E-state index contributed by atoms with van der Waals surface area (Å²) in [5.74, 6) is 1.61. The Balaban J connectivity index is 2.00. The van der Waals surface area contributed by atoms with Gasteiger partial charge in [0.05, 0.1) is 17.7 Å². The zero-order valence-corrected chi connectivity index (χ0v) is 13.0. The Bertz CT molecular complexity index is 714. The van der Waals surface area contributed by atoms with Gasteiger partial charge in [-0.25, -0.2) is 4.98 Å². The number of piperazine rings is 1. The lowest BCUT2D eigenvalue weighted by Crippen LogP contribution is -2.45. The van der Waals surface area contributed by atoms with Crippen LogP contribution in [-0.4, -0.2) is 49.7 Å². The van der Waals surface area contributed by atoms with Crippen LogP contribution in [0.3, 0.4) is 0 Å². The van der Waals surface area contributed by atoms with Crippen LogP contribution in [0.5, 0.6) is 5.75 Å². The van der Waals surface area contributed by atoms with Gasteiger partial charge in [-0.1, -0.05) is 0 Å². The number of fused-ring (bicyclic) bond motifs is 1. The predicted octanol–water partition coefficient (Wildman–Crippen LogP) is 2.26. The number of hydrogen-bond donors (Lipinski definition) is 0. The van der Waals surface area contributed by atoms with E-state index in [1.807, 2.05) is 31.2 Å². The van der Waals surface area contributed by atoms with Crippen molar-refractivity contribution in [2.45, 2.75) is 6.92 Å². The molecule has 0 saturated carbocycles. The molecule has 0 spiro atoms. The second-order valence-electron chi connectivity index (χ2n) is 5.55. The fourth-order valence-electron chi connectivity index (χ4n) is 2.74. The van der Waals surface area contributed by atoms with Crippen molar-refractivity contribution in [3.05, 3.63) is 29.8 Å². The highest BCUT2D eigenvalue weighted by molar-refractivity contribution is 5.84. The number of anilines is 1. The third kappa shape index (κ3) is 2.83. The average Bonchev–Trinajstić information content (AvgIpc) is 2.54. The Morgan fingerprint density at radius 3 is 2.68 bits per heavy atom. The third-order valence-electron chi connectivity index (χ3n) is 4.00. The Kier molecular flexibility index (Phi) is 4.12. The molecule has 1 aliphatic rings. The Morgan fingerprint density at radius 1 is 1.23 bits per heavy atom. The fraction of sp³-hybridized carbons (Fsp3) is 0.412. The summed E-state index contributed by atoms with van der Waals surface area (Å²) < 4.78 is 5.52. The van der Waals surface area contributed by atoms with E-state index in [0.29, 0.717) is 12.2 Å². The van der Waals surface area contributed by atoms with Crippen LogP contribution >= 0.6 is 0 Å². The van der Waals surface area contributed by atoms with Gasteiger partial charge < -0.3 is 14.5 Å². The van der Waals surface area contributed by atoms with E-state index in [4.69, 9.17) is 9.72 Å². The third-order valence-corrected chi connectivity index (χ3v) is 4.00. The van der Waals surface area contributed by atoms with Crippen LogP contribution in [0.2, 0.25) is 0 Å². The smallest absolute Gasteiger partial charge is 0.147 e. The molecule has 1 saturated heterocycles. The van der Waals surface area contributed by atoms with Gasteiger partial charge in [-0.2, -0.15) is 5.26 Å². The molecular formula is C17H20N4O. The first-order valence-corrected chi connectivity index (χ1v) is 7.62. The van der Waals surface area contributed by atoms with Gasteiger partial charge in [-0.15, -0.1) is 0 Å². The zero-order chi connectivity index (χ0) is 15.5. The van der Waals surface area contributed by atoms with E-state index in [1.54, 1.807) is 0 Å². The second-order valence-corrected chi connectivity index (χ2v) is 5.55. The molecule has 114 valence electrons. The number of aromatic nitrogens is 1. The van der Waals surface area contributed by atoms with Crippen molar-refractivity contribution < 1.29 is 4.74 Å². The molecule has 1 aliphatic heterocycles. The van der Waals surface area contributed by atoms with E-state index in [0.717, 1.165) is 48.6 Å². The minimum Gasteiger partial charge on any atom is -0.494 e. The number of hydrogen-bond acceptors (Lipinski definition) is 5. The zero-order valence-electron chi connectivity index (χ0n) is 13.0. The number of ether oxygens (including phenoxy) is 1. The summed E-state index contributed by atoms with van der Waals surface area (Å²) in [4.78, 5) is 9.22. The van der Waals surface area contributed by atoms with Crippen LogP contribution in [0.15, 0.2) is 24.3 Å². The van der Waals surface area contributed by atoms with Gasteiger partial charge in [0.15, 0.2) is 0 Å². The summed E-state index contributed by atoms with van der Waals surface area (Å²) in [6.45, 7) is 6.38. The van der Waals surface area contributed by atoms with Crippen LogP contribution in [0.4, 0.5) is 5.82 Å². The molecule has 0 aliphatic carbocycles. The molecule has 1 aromatic heterocycles. The topological polar surface area (TPSA) is 52.4 Å². The second kappa shape index (κ2) is 6.20. The first kappa shape index (κ1) is 14.6. The lowest BCUT2D eigenvalue weighted by Gasteiger charge is -2.33. The van der Waals surface area contributed by atoms with E-state index in [1.165, 1.54) is 0 Å². The van der Waals surface area contributed by atoms with Gasteiger partial charge in [0.25, 0.3) is 0 Å². The molecule has 1 aromatic carbocycles. The van der Waals surface area contributed by atoms with Gasteiger partial charge in [0.2, 0.25) is 0 Å². The summed E-state index contributed by atoms with van der Waals surface area (Å²) in [5.41, 5.74) is 1.53. The molecule has 2 aromatic rings. The van der Waals surface area contributed by atoms with E-state index in [-0.39, 0.29) is 0 Å². The Hall–Kier alpha value is -2.32. The Labute approximate surface area is 130 Å². The summed E-state index contributed by atoms with van der Waals surface area (Å²) in [5, 5.41) is 10.4. The highest BCUT2D eigenvalue weighted by Crippen LogP contribution is 2.26. The van der Waals surface area contributed by atoms with Crippen LogP contribution in [0.25, 0.3) is 10.9 Å². The van der Waals surface area contributed by atoms with E-state index >= 15 is 0 Å². The number of likely N-dealkylation sites (N-methyl/N-ethyl adjacent to an activating group) is 1. The standard InChI is InChI=1S/C17H20N4O/c1-3-22-15-4-5-16-13(11-15)10-14(12-18)17(19-16)21-8-6-20(2)7-9-21/h4-5,10-11H,3,6-9H2,1-2H3. The predicted molar refractivity (Wildman–Crippen MR) is 87.3 cm³/mol. The largest absolute Gasteiger partial charge is 0.494 e. The number of nitrogens with zero attached hydrogens (tertiary/aromatic N) is 4. The molecule has 0 bridgehead atoms. The highest BCUT2D eigenvalue weighted by Gasteiger charge is 2.19. The van der Waals surface area contributed by atoms with E-state index in [9.17, 15) is 5.26 Å². The van der Waals surface area contributed by atoms with Gasteiger partial charge in [0.1, 0.15) is 17.6 Å². The van der Waals surface area contributed by atoms with Crippen molar-refractivity contribution in [1.82, 2.24) is 9.88 Å². The number of pyridine rings is 1. The molecule has 0 amide bonds. The van der Waals surface area contributed by atoms with Crippen molar-refractivity contribution in [2.75, 3.05) is 44.7 Å². The minimum atomic E-state index is 0.628. The quantitative estimate of drug-likeness (QED) is 0.869. The van der Waals surface area contributed by atoms with Crippen LogP contribution in [0, 0.1) is 11.3 Å². The average molecular weight is 296 g/mol. The molecular weight excluding hydrogens is 276 g/mol.